The molecule has 1 aliphatic rings. The molecule has 4 rings (SSSR count). The highest BCUT2D eigenvalue weighted by atomic mass is 16.3. The third kappa shape index (κ3) is 162. The van der Waals surface area contributed by atoms with Gasteiger partial charge in [0.05, 0.1) is 0 Å². The zero-order valence-corrected chi connectivity index (χ0v) is 70.5. The van der Waals surface area contributed by atoms with Crippen LogP contribution in [-0.4, -0.2) is 212 Å². The first-order valence-electron chi connectivity index (χ1n) is 32.1. The molecule has 0 bridgehead atoms. The molecule has 1 saturated heterocycles. The molecule has 0 spiro atoms. The maximum Gasteiger partial charge on any atom is 0.246 e. The summed E-state index contributed by atoms with van der Waals surface area (Å²) < 4.78 is 0. The molecule has 29 heteroatoms. The third-order valence-corrected chi connectivity index (χ3v) is 8.56. The monoisotopic (exact) mass is 1490 g/mol. The molecular weight excluding hydrogens is 1320 g/mol. The van der Waals surface area contributed by atoms with Crippen LogP contribution in [-0.2, 0) is 86.4 Å². The topological polar surface area (TPSA) is 568 Å². The molecule has 103 heavy (non-hydrogen) atoms. The van der Waals surface area contributed by atoms with Crippen LogP contribution in [0.5, 0.6) is 0 Å². The van der Waals surface area contributed by atoms with E-state index in [1.165, 1.54) is 71.6 Å². The summed E-state index contributed by atoms with van der Waals surface area (Å²) in [7, 11) is 13.7. The highest BCUT2D eigenvalue weighted by Crippen LogP contribution is 2.16. The quantitative estimate of drug-likeness (QED) is 0.0857. The summed E-state index contributed by atoms with van der Waals surface area (Å²) in [6.45, 7) is 59.1. The summed E-state index contributed by atoms with van der Waals surface area (Å²) in [4.78, 5) is 137. The van der Waals surface area contributed by atoms with Crippen molar-refractivity contribution in [2.24, 2.45) is 52.0 Å². The van der Waals surface area contributed by atoms with E-state index in [2.05, 4.69) is 118 Å². The average molecular weight is 1490 g/mol. The van der Waals surface area contributed by atoms with Crippen LogP contribution in [0.4, 0.5) is 0 Å². The molecule has 25 N–H and O–H groups in total. The van der Waals surface area contributed by atoms with Crippen LogP contribution < -0.4 is 63.9 Å². The molecule has 0 aromatic heterocycles. The number of nitrogens with one attached hydrogen (secondary N) is 1. The molecule has 0 aliphatic carbocycles. The Hall–Kier alpha value is -8.20. The van der Waals surface area contributed by atoms with Gasteiger partial charge in [-0.2, -0.15) is 0 Å². The van der Waals surface area contributed by atoms with E-state index >= 15 is 0 Å². The van der Waals surface area contributed by atoms with Crippen molar-refractivity contribution in [1.29, 1.82) is 0 Å². The number of nitrogens with zero attached hydrogens (tertiary/aromatic N) is 3. The minimum absolute atomic E-state index is 0. The number of aryl methyl sites for hydroxylation is 1. The van der Waals surface area contributed by atoms with Crippen molar-refractivity contribution < 1.29 is 72.2 Å². The number of hydrogen-bond donors (Lipinski definition) is 12. The Morgan fingerprint density at radius 1 is 0.408 bits per heavy atom. The van der Waals surface area contributed by atoms with Crippen molar-refractivity contribution in [2.75, 3.05) is 76.5 Å². The second kappa shape index (κ2) is 198. The van der Waals surface area contributed by atoms with Crippen molar-refractivity contribution in [3.63, 3.8) is 0 Å². The largest absolute Gasteiger partial charge is 0.394 e. The maximum atomic E-state index is 13.9. The molecule has 622 valence electrons. The number of likely N-dealkylation sites (tertiary alicyclic amines) is 1. The van der Waals surface area contributed by atoms with Gasteiger partial charge in [-0.15, -0.1) is 0 Å². The first kappa shape index (κ1) is 171. The number of piperidine rings is 1. The van der Waals surface area contributed by atoms with Gasteiger partial charge in [-0.1, -0.05) is 195 Å². The van der Waals surface area contributed by atoms with E-state index in [1.807, 2.05) is 190 Å². The predicted octanol–water partition coefficient (Wildman–Crippen LogP) is 8.39. The lowest BCUT2D eigenvalue weighted by Crippen LogP contribution is -2.58. The highest BCUT2D eigenvalue weighted by Gasteiger charge is 2.35. The van der Waals surface area contributed by atoms with Gasteiger partial charge in [0.15, 0.2) is 0 Å². The Bertz CT molecular complexity index is 1710. The van der Waals surface area contributed by atoms with Crippen LogP contribution in [0.25, 0.3) is 0 Å². The molecule has 3 atom stereocenters. The number of hydrogen-bond acceptors (Lipinski definition) is 25. The summed E-state index contributed by atoms with van der Waals surface area (Å²) in [6.07, 6.45) is 4.61. The Morgan fingerprint density at radius 3 is 0.806 bits per heavy atom. The normalized spacial score (nSPS) is 8.55. The smallest absolute Gasteiger partial charge is 0.246 e. The number of amides is 4. The summed E-state index contributed by atoms with van der Waals surface area (Å²) in [6, 6.07) is 27.1. The van der Waals surface area contributed by atoms with Crippen LogP contribution in [0.15, 0.2) is 91.0 Å². The average Bonchev–Trinajstić information content (AvgIpc) is 0.823. The molecule has 0 radical (unpaired) electrons. The Balaban J connectivity index is -0.0000000339. The van der Waals surface area contributed by atoms with Crippen molar-refractivity contribution in [3.8, 4) is 0 Å². The van der Waals surface area contributed by atoms with E-state index in [0.29, 0.717) is 19.5 Å². The van der Waals surface area contributed by atoms with Gasteiger partial charge >= 0.3 is 0 Å². The minimum Gasteiger partial charge on any atom is -0.394 e. The Labute approximate surface area is 630 Å². The van der Waals surface area contributed by atoms with Crippen molar-refractivity contribution in [2.45, 2.75) is 194 Å². The minimum atomic E-state index is -0.861. The highest BCUT2D eigenvalue weighted by molar-refractivity contribution is 5.94. The second-order valence-electron chi connectivity index (χ2n) is 16.5. The van der Waals surface area contributed by atoms with Gasteiger partial charge in [0.1, 0.15) is 86.0 Å². The van der Waals surface area contributed by atoms with Crippen molar-refractivity contribution >= 4 is 91.5 Å². The molecule has 3 aromatic rings. The van der Waals surface area contributed by atoms with Crippen LogP contribution in [0.1, 0.15) is 168 Å². The molecule has 1 fully saturated rings. The lowest BCUT2D eigenvalue weighted by molar-refractivity contribution is -0.147. The standard InChI is InChI=1S/C30H40N4O4.C8H10.2C4H10.C3H8O.4C2H6.7CH5N.10CH2O.3H3N/c1-22(29(37)34-18-12-7-13-19-34)31-28(36)26(20-24-14-8-5-9-15-24)33(4)30(38)27(32(3)23(2)35)21-25-16-10-6-11-17-25;1-2-8-6-4-3-5-7-8;2*1-4(2)3;1-3(2)4;21*1-2;;;/h5-6,8-11,14-17,22,26-27H,7,12-13,18-21H2,1-4H3,(H,31,36);3-7H,2H2,1H3;2*4H,1-3H3;3-4H,1-2H3;4*1-2H3;7*2H2,1H3;10*1H2;3*1H3/t22-,26-,27-;;;;;;;;;;;;;;;;;;;;;;;;;;;;/m0............................/s1. The Kier molecular flexibility index (Phi) is 330. The number of nitrogens with two attached hydrogens (primary N) is 7. The van der Waals surface area contributed by atoms with E-state index < -0.39 is 24.0 Å². The molecular formula is C74H166N14O15. The third-order valence-electron chi connectivity index (χ3n) is 8.56. The maximum absolute atomic E-state index is 13.9. The van der Waals surface area contributed by atoms with Gasteiger partial charge in [0.25, 0.3) is 0 Å². The van der Waals surface area contributed by atoms with Crippen LogP contribution >= 0.6 is 0 Å². The van der Waals surface area contributed by atoms with Crippen molar-refractivity contribution in [1.82, 2.24) is 38.5 Å². The van der Waals surface area contributed by atoms with E-state index in [0.717, 1.165) is 48.6 Å². The molecule has 1 heterocycles. The molecule has 4 amide bonds. The number of likely N-dealkylation sites (N-methyl/N-ethyl adjacent to an activating group) is 2. The van der Waals surface area contributed by atoms with Crippen LogP contribution in [0.3, 0.4) is 0 Å². The van der Waals surface area contributed by atoms with Gasteiger partial charge in [-0.3, -0.25) is 19.2 Å². The SMILES string of the molecule is C=O.C=O.C=O.C=O.C=O.C=O.C=O.C=O.C=O.C=O.CC.CC.CC.CC.CC(=O)N(C)[C@@H](Cc1ccccc1)C(=O)N(C)[C@@H](Cc1ccccc1)C(=O)N[C@@H](C)C(=O)N1CCCCC1.CC(C)C.CC(C)C.CC(C)O.CCc1ccccc1.CN.CN.CN.CN.CN.CN.CN.N.N.N. The first-order chi connectivity index (χ1) is 48.3. The summed E-state index contributed by atoms with van der Waals surface area (Å²) >= 11 is 0. The summed E-state index contributed by atoms with van der Waals surface area (Å²) in [5.74, 6) is 0.588. The summed E-state index contributed by atoms with van der Waals surface area (Å²) in [5.41, 5.74) is 34.7. The fourth-order valence-corrected chi connectivity index (χ4v) is 5.55. The van der Waals surface area contributed by atoms with Gasteiger partial charge in [-0.25, -0.2) is 0 Å². The van der Waals surface area contributed by atoms with Crippen LogP contribution in [0, 0.1) is 11.8 Å². The van der Waals surface area contributed by atoms with Gasteiger partial charge in [0, 0.05) is 53.1 Å². The van der Waals surface area contributed by atoms with E-state index in [4.69, 9.17) is 53.1 Å². The molecule has 29 nitrogen and oxygen atoms in total. The van der Waals surface area contributed by atoms with E-state index in [-0.39, 0.29) is 48.7 Å². The van der Waals surface area contributed by atoms with E-state index in [9.17, 15) is 19.2 Å². The molecule has 0 saturated carbocycles. The fraction of sp³-hybridized carbons (Fsp3) is 0.568. The zero-order valence-electron chi connectivity index (χ0n) is 70.5. The van der Waals surface area contributed by atoms with Gasteiger partial charge in [0.2, 0.25) is 23.6 Å². The fourth-order valence-electron chi connectivity index (χ4n) is 5.55. The number of aliphatic hydroxyl groups excluding tert-OH is 1. The van der Waals surface area contributed by atoms with Gasteiger partial charge in [-0.05, 0) is 124 Å². The lowest BCUT2D eigenvalue weighted by atomic mass is 10.00. The number of carbonyl (C=O) groups excluding carboxylic acids is 14. The number of aliphatic hydroxyl groups is 1. The number of carbonyl (C=O) groups is 14. The number of benzene rings is 3. The first-order valence-corrected chi connectivity index (χ1v) is 32.1. The van der Waals surface area contributed by atoms with Crippen LogP contribution in [0.2, 0.25) is 0 Å². The zero-order chi connectivity index (χ0) is 86.2. The van der Waals surface area contributed by atoms with Gasteiger partial charge < -0.3 is 132 Å². The lowest BCUT2D eigenvalue weighted by Gasteiger charge is -2.35. The number of rotatable bonds is 11. The molecule has 0 unspecified atom stereocenters. The molecule has 3 aromatic carbocycles. The second-order valence-corrected chi connectivity index (χ2v) is 16.5. The molecule has 1 aliphatic heterocycles. The summed E-state index contributed by atoms with van der Waals surface area (Å²) in [5, 5.41) is 10.9. The van der Waals surface area contributed by atoms with Crippen molar-refractivity contribution in [3.05, 3.63) is 108 Å². The van der Waals surface area contributed by atoms with E-state index in [1.54, 1.807) is 39.8 Å². The predicted molar refractivity (Wildman–Crippen MR) is 444 cm³/mol. The Morgan fingerprint density at radius 2 is 0.612 bits per heavy atom.